The molecule has 0 spiro atoms. The molecular weight excluding hydrogens is 381 g/mol. The van der Waals surface area contributed by atoms with E-state index in [0.29, 0.717) is 0 Å². The van der Waals surface area contributed by atoms with E-state index in [2.05, 4.69) is 10.0 Å². The van der Waals surface area contributed by atoms with Crippen molar-refractivity contribution in [3.8, 4) is 0 Å². The number of rotatable bonds is 8. The number of carbonyl (C=O) groups excluding carboxylic acids is 1. The number of anilines is 1. The molecule has 0 amide bonds. The van der Waals surface area contributed by atoms with Crippen molar-refractivity contribution in [2.24, 2.45) is 0 Å². The molecule has 0 atom stereocenters. The summed E-state index contributed by atoms with van der Waals surface area (Å²) in [5, 5.41) is 13.7. The summed E-state index contributed by atoms with van der Waals surface area (Å²) in [7, 11) is -2.68. The maximum atomic E-state index is 13.5. The number of ether oxygens (including phenoxy) is 1. The average molecular weight is 397 g/mol. The molecule has 2 N–H and O–H groups in total. The Hall–Kier alpha value is -3.05. The molecule has 0 fully saturated rings. The Kier molecular flexibility index (Phi) is 6.42. The lowest BCUT2D eigenvalue weighted by molar-refractivity contribution is -0.384. The Bertz CT molecular complexity index is 964. The molecule has 27 heavy (non-hydrogen) atoms. The summed E-state index contributed by atoms with van der Waals surface area (Å²) in [6.07, 6.45) is 0. The number of carbonyl (C=O) groups is 1. The fraction of sp³-hybridized carbons (Fsp3) is 0.188. The number of halogens is 1. The van der Waals surface area contributed by atoms with Gasteiger partial charge in [0.05, 0.1) is 9.82 Å². The van der Waals surface area contributed by atoms with Crippen LogP contribution < -0.4 is 10.0 Å². The first-order valence-electron chi connectivity index (χ1n) is 7.59. The number of nitrogens with zero attached hydrogens (tertiary/aromatic N) is 1. The minimum absolute atomic E-state index is 0.0575. The molecule has 11 heteroatoms. The predicted octanol–water partition coefficient (Wildman–Crippen LogP) is 1.80. The van der Waals surface area contributed by atoms with Crippen LogP contribution in [0.3, 0.4) is 0 Å². The summed E-state index contributed by atoms with van der Waals surface area (Å²) in [6, 6.07) is 8.98. The monoisotopic (exact) mass is 397 g/mol. The molecule has 0 aliphatic rings. The molecule has 2 aromatic rings. The van der Waals surface area contributed by atoms with Crippen molar-refractivity contribution in [2.75, 3.05) is 18.9 Å². The first-order valence-corrected chi connectivity index (χ1v) is 9.08. The fourth-order valence-electron chi connectivity index (χ4n) is 2.09. The van der Waals surface area contributed by atoms with E-state index in [1.54, 1.807) is 6.07 Å². The van der Waals surface area contributed by atoms with Crippen LogP contribution in [0.5, 0.6) is 0 Å². The van der Waals surface area contributed by atoms with Crippen molar-refractivity contribution in [3.63, 3.8) is 0 Å². The Morgan fingerprint density at radius 3 is 2.59 bits per heavy atom. The Balaban J connectivity index is 2.05. The quantitative estimate of drug-likeness (QED) is 0.395. The molecule has 0 saturated heterocycles. The zero-order valence-corrected chi connectivity index (χ0v) is 15.0. The fourth-order valence-corrected chi connectivity index (χ4v) is 2.84. The molecule has 0 bridgehead atoms. The largest absolute Gasteiger partial charge is 0.459 e. The summed E-state index contributed by atoms with van der Waals surface area (Å²) >= 11 is 0. The van der Waals surface area contributed by atoms with Gasteiger partial charge in [0.1, 0.15) is 24.7 Å². The van der Waals surface area contributed by atoms with E-state index in [0.717, 1.165) is 12.1 Å². The molecule has 2 aromatic carbocycles. The van der Waals surface area contributed by atoms with Crippen molar-refractivity contribution in [1.29, 1.82) is 0 Å². The van der Waals surface area contributed by atoms with Gasteiger partial charge in [-0.1, -0.05) is 18.2 Å². The van der Waals surface area contributed by atoms with Gasteiger partial charge >= 0.3 is 5.97 Å². The van der Waals surface area contributed by atoms with Crippen LogP contribution in [-0.2, 0) is 26.2 Å². The van der Waals surface area contributed by atoms with E-state index in [4.69, 9.17) is 4.74 Å². The Morgan fingerprint density at radius 2 is 1.96 bits per heavy atom. The number of hydrogen-bond acceptors (Lipinski definition) is 7. The van der Waals surface area contributed by atoms with Gasteiger partial charge in [0.15, 0.2) is 0 Å². The highest BCUT2D eigenvalue weighted by Gasteiger charge is 2.21. The van der Waals surface area contributed by atoms with Crippen LogP contribution in [0.25, 0.3) is 0 Å². The molecule has 0 aliphatic heterocycles. The van der Waals surface area contributed by atoms with Crippen molar-refractivity contribution in [1.82, 2.24) is 4.72 Å². The second kappa shape index (κ2) is 8.56. The molecule has 2 rings (SSSR count). The maximum absolute atomic E-state index is 13.5. The van der Waals surface area contributed by atoms with Crippen molar-refractivity contribution in [3.05, 3.63) is 64.0 Å². The highest BCUT2D eigenvalue weighted by atomic mass is 32.2. The number of esters is 1. The van der Waals surface area contributed by atoms with E-state index in [1.807, 2.05) is 0 Å². The lowest BCUT2D eigenvalue weighted by Crippen LogP contribution is -2.20. The standard InChI is InChI=1S/C16H16FN3O6S/c1-18-27(24,25)12-6-7-14(15(8-12)20(22)23)19-9-16(21)26-10-11-4-2-3-5-13(11)17/h2-8,18-19H,9-10H2,1H3. The highest BCUT2D eigenvalue weighted by Crippen LogP contribution is 2.27. The topological polar surface area (TPSA) is 128 Å². The number of nitro groups is 1. The summed E-state index contributed by atoms with van der Waals surface area (Å²) in [6.45, 7) is -0.706. The molecule has 0 aromatic heterocycles. The number of hydrogen-bond donors (Lipinski definition) is 2. The van der Waals surface area contributed by atoms with Gasteiger partial charge in [0.2, 0.25) is 10.0 Å². The van der Waals surface area contributed by atoms with Gasteiger partial charge in [-0.2, -0.15) is 0 Å². The predicted molar refractivity (Wildman–Crippen MR) is 94.0 cm³/mol. The molecule has 9 nitrogen and oxygen atoms in total. The smallest absolute Gasteiger partial charge is 0.325 e. The summed E-state index contributed by atoms with van der Waals surface area (Å²) in [5.74, 6) is -1.28. The normalized spacial score (nSPS) is 11.0. The zero-order chi connectivity index (χ0) is 20.0. The van der Waals surface area contributed by atoms with Crippen LogP contribution in [0.4, 0.5) is 15.8 Å². The Labute approximate surface area is 154 Å². The highest BCUT2D eigenvalue weighted by molar-refractivity contribution is 7.89. The number of nitrogens with one attached hydrogen (secondary N) is 2. The molecule has 0 unspecified atom stereocenters. The third-order valence-electron chi connectivity index (χ3n) is 3.51. The number of benzene rings is 2. The van der Waals surface area contributed by atoms with Gasteiger partial charge < -0.3 is 10.1 Å². The number of nitro benzene ring substituents is 1. The third kappa shape index (κ3) is 5.21. The van der Waals surface area contributed by atoms with Gasteiger partial charge in [0.25, 0.3) is 5.69 Å². The average Bonchev–Trinajstić information content (AvgIpc) is 2.65. The van der Waals surface area contributed by atoms with Crippen LogP contribution in [0.1, 0.15) is 5.56 Å². The first kappa shape index (κ1) is 20.3. The van der Waals surface area contributed by atoms with E-state index in [-0.39, 0.29) is 22.8 Å². The summed E-state index contributed by atoms with van der Waals surface area (Å²) in [4.78, 5) is 21.9. The van der Waals surface area contributed by atoms with Crippen LogP contribution in [0, 0.1) is 15.9 Å². The molecule has 0 saturated carbocycles. The molecule has 0 heterocycles. The minimum Gasteiger partial charge on any atom is -0.459 e. The summed E-state index contributed by atoms with van der Waals surface area (Å²) < 4.78 is 43.9. The SMILES string of the molecule is CNS(=O)(=O)c1ccc(NCC(=O)OCc2ccccc2F)c([N+](=O)[O-])c1. The minimum atomic E-state index is -3.85. The second-order valence-corrected chi connectivity index (χ2v) is 7.14. The van der Waals surface area contributed by atoms with Gasteiger partial charge in [-0.3, -0.25) is 14.9 Å². The molecule has 0 aliphatic carbocycles. The van der Waals surface area contributed by atoms with Crippen molar-refractivity contribution >= 4 is 27.4 Å². The lowest BCUT2D eigenvalue weighted by Gasteiger charge is -2.09. The molecular formula is C16H16FN3O6S. The van der Waals surface area contributed by atoms with Crippen molar-refractivity contribution < 1.29 is 27.3 Å². The van der Waals surface area contributed by atoms with Gasteiger partial charge in [0, 0.05) is 11.6 Å². The zero-order valence-electron chi connectivity index (χ0n) is 14.1. The Morgan fingerprint density at radius 1 is 1.26 bits per heavy atom. The maximum Gasteiger partial charge on any atom is 0.325 e. The third-order valence-corrected chi connectivity index (χ3v) is 4.93. The van der Waals surface area contributed by atoms with Crippen LogP contribution in [-0.4, -0.2) is 32.9 Å². The molecule has 144 valence electrons. The van der Waals surface area contributed by atoms with Crippen LogP contribution in [0.15, 0.2) is 47.4 Å². The van der Waals surface area contributed by atoms with Crippen molar-refractivity contribution in [2.45, 2.75) is 11.5 Å². The van der Waals surface area contributed by atoms with Crippen LogP contribution in [0.2, 0.25) is 0 Å². The van der Waals surface area contributed by atoms with E-state index in [9.17, 15) is 27.7 Å². The number of sulfonamides is 1. The van der Waals surface area contributed by atoms with Gasteiger partial charge in [-0.05, 0) is 25.2 Å². The van der Waals surface area contributed by atoms with Gasteiger partial charge in [-0.25, -0.2) is 17.5 Å². The van der Waals surface area contributed by atoms with E-state index >= 15 is 0 Å². The summed E-state index contributed by atoms with van der Waals surface area (Å²) in [5.41, 5.74) is -0.385. The molecule has 0 radical (unpaired) electrons. The second-order valence-electron chi connectivity index (χ2n) is 5.25. The first-order chi connectivity index (χ1) is 12.7. The van der Waals surface area contributed by atoms with Gasteiger partial charge in [-0.15, -0.1) is 0 Å². The van der Waals surface area contributed by atoms with Crippen LogP contribution >= 0.6 is 0 Å². The van der Waals surface area contributed by atoms with E-state index < -0.39 is 39.0 Å². The van der Waals surface area contributed by atoms with E-state index in [1.165, 1.54) is 31.3 Å². The lowest BCUT2D eigenvalue weighted by atomic mass is 10.2.